The Kier molecular flexibility index (Phi) is 15.0. The standard InChI is InChI=1S/C40H46O6S2/c1-29(2)39(41)45-27-11-7-5-9-25-43-33-17-13-31(14-18-33)35-21-23-37(47-35)38-24-22-36(48-38)32-15-19-34(20-16-32)44-26-10-6-8-12-28-46-40(42)30(3)4/h13-24H,1,3,5-12,25-28H2,2,4H3. The van der Waals surface area contributed by atoms with Gasteiger partial charge in [0.15, 0.2) is 0 Å². The van der Waals surface area contributed by atoms with Crippen molar-refractivity contribution in [3.05, 3.63) is 97.1 Å². The van der Waals surface area contributed by atoms with Gasteiger partial charge >= 0.3 is 11.9 Å². The van der Waals surface area contributed by atoms with E-state index >= 15 is 0 Å². The lowest BCUT2D eigenvalue weighted by molar-refractivity contribution is -0.139. The SMILES string of the molecule is C=C(C)C(=O)OCCCCCCOc1ccc(-c2ccc(-c3ccc(-c4ccc(OCCCCCCOC(=O)C(=C)C)cc4)s3)s2)cc1. The summed E-state index contributed by atoms with van der Waals surface area (Å²) in [5, 5.41) is 0. The van der Waals surface area contributed by atoms with Crippen LogP contribution in [0.1, 0.15) is 65.2 Å². The first-order valence-electron chi connectivity index (χ1n) is 16.6. The Labute approximate surface area is 293 Å². The highest BCUT2D eigenvalue weighted by Crippen LogP contribution is 2.40. The van der Waals surface area contributed by atoms with Crippen molar-refractivity contribution in [2.75, 3.05) is 26.4 Å². The summed E-state index contributed by atoms with van der Waals surface area (Å²) in [5.41, 5.74) is 3.24. The number of thiophene rings is 2. The predicted molar refractivity (Wildman–Crippen MR) is 198 cm³/mol. The fourth-order valence-electron chi connectivity index (χ4n) is 4.75. The zero-order chi connectivity index (χ0) is 34.1. The van der Waals surface area contributed by atoms with Crippen LogP contribution in [0.5, 0.6) is 11.5 Å². The molecule has 0 spiro atoms. The van der Waals surface area contributed by atoms with Crippen molar-refractivity contribution in [3.8, 4) is 42.1 Å². The van der Waals surface area contributed by atoms with E-state index < -0.39 is 0 Å². The van der Waals surface area contributed by atoms with Crippen LogP contribution in [0.2, 0.25) is 0 Å². The first-order valence-corrected chi connectivity index (χ1v) is 18.3. The highest BCUT2D eigenvalue weighted by atomic mass is 32.1. The molecule has 0 aliphatic carbocycles. The van der Waals surface area contributed by atoms with Gasteiger partial charge in [-0.1, -0.05) is 13.2 Å². The molecule has 254 valence electrons. The summed E-state index contributed by atoms with van der Waals surface area (Å²) in [4.78, 5) is 27.8. The molecule has 48 heavy (non-hydrogen) atoms. The molecule has 2 aromatic carbocycles. The third-order valence-corrected chi connectivity index (χ3v) is 9.97. The van der Waals surface area contributed by atoms with Gasteiger partial charge in [-0.3, -0.25) is 0 Å². The maximum absolute atomic E-state index is 11.4. The van der Waals surface area contributed by atoms with E-state index in [0.717, 1.165) is 62.9 Å². The van der Waals surface area contributed by atoms with Gasteiger partial charge in [0.25, 0.3) is 0 Å². The lowest BCUT2D eigenvalue weighted by Crippen LogP contribution is -2.06. The highest BCUT2D eigenvalue weighted by Gasteiger charge is 2.10. The minimum absolute atomic E-state index is 0.316. The van der Waals surface area contributed by atoms with Crippen LogP contribution >= 0.6 is 22.7 Å². The van der Waals surface area contributed by atoms with Crippen molar-refractivity contribution < 1.29 is 28.5 Å². The fourth-order valence-corrected chi connectivity index (χ4v) is 6.87. The van der Waals surface area contributed by atoms with Crippen molar-refractivity contribution in [1.82, 2.24) is 0 Å². The lowest BCUT2D eigenvalue weighted by atomic mass is 10.2. The van der Waals surface area contributed by atoms with Gasteiger partial charge in [0, 0.05) is 30.7 Å². The predicted octanol–water partition coefficient (Wildman–Crippen LogP) is 10.9. The summed E-state index contributed by atoms with van der Waals surface area (Å²) in [6.45, 7) is 12.7. The Morgan fingerprint density at radius 1 is 0.479 bits per heavy atom. The van der Waals surface area contributed by atoms with Gasteiger partial charge in [-0.15, -0.1) is 22.7 Å². The molecule has 8 heteroatoms. The number of hydrogen-bond donors (Lipinski definition) is 0. The van der Waals surface area contributed by atoms with Gasteiger partial charge in [-0.05, 0) is 149 Å². The first-order chi connectivity index (χ1) is 23.3. The molecule has 0 fully saturated rings. The zero-order valence-electron chi connectivity index (χ0n) is 28.1. The van der Waals surface area contributed by atoms with Crippen molar-refractivity contribution in [3.63, 3.8) is 0 Å². The van der Waals surface area contributed by atoms with Crippen LogP contribution in [0.25, 0.3) is 30.6 Å². The van der Waals surface area contributed by atoms with E-state index in [2.05, 4.69) is 61.7 Å². The quantitative estimate of drug-likeness (QED) is 0.0494. The summed E-state index contributed by atoms with van der Waals surface area (Å²) in [6, 6.07) is 25.4. The van der Waals surface area contributed by atoms with E-state index in [1.165, 1.54) is 30.6 Å². The van der Waals surface area contributed by atoms with Crippen molar-refractivity contribution in [2.45, 2.75) is 65.2 Å². The van der Waals surface area contributed by atoms with Crippen LogP contribution in [-0.4, -0.2) is 38.4 Å². The van der Waals surface area contributed by atoms with E-state index in [-0.39, 0.29) is 11.9 Å². The average molecular weight is 687 g/mol. The molecule has 4 rings (SSSR count). The lowest BCUT2D eigenvalue weighted by Gasteiger charge is -2.07. The Morgan fingerprint density at radius 3 is 1.17 bits per heavy atom. The molecule has 2 aromatic heterocycles. The smallest absolute Gasteiger partial charge is 0.333 e. The Morgan fingerprint density at radius 2 is 0.812 bits per heavy atom. The van der Waals surface area contributed by atoms with E-state index in [1.54, 1.807) is 36.5 Å². The molecule has 0 aliphatic heterocycles. The average Bonchev–Trinajstić information content (AvgIpc) is 3.78. The number of benzene rings is 2. The monoisotopic (exact) mass is 686 g/mol. The molecule has 6 nitrogen and oxygen atoms in total. The summed E-state index contributed by atoms with van der Waals surface area (Å²) < 4.78 is 22.1. The van der Waals surface area contributed by atoms with Crippen LogP contribution in [0.3, 0.4) is 0 Å². The maximum Gasteiger partial charge on any atom is 0.333 e. The van der Waals surface area contributed by atoms with Gasteiger partial charge in [0.05, 0.1) is 26.4 Å². The Balaban J connectivity index is 1.15. The molecule has 2 heterocycles. The first kappa shape index (κ1) is 36.7. The second-order valence-electron chi connectivity index (χ2n) is 11.7. The van der Waals surface area contributed by atoms with Gasteiger partial charge < -0.3 is 18.9 Å². The van der Waals surface area contributed by atoms with E-state index in [0.29, 0.717) is 37.6 Å². The molecule has 0 N–H and O–H groups in total. The van der Waals surface area contributed by atoms with E-state index in [1.807, 2.05) is 24.3 Å². The number of ether oxygens (including phenoxy) is 4. The number of esters is 2. The van der Waals surface area contributed by atoms with Crippen LogP contribution < -0.4 is 9.47 Å². The van der Waals surface area contributed by atoms with Crippen molar-refractivity contribution in [1.29, 1.82) is 0 Å². The van der Waals surface area contributed by atoms with Crippen LogP contribution in [-0.2, 0) is 19.1 Å². The van der Waals surface area contributed by atoms with E-state index in [9.17, 15) is 9.59 Å². The Bertz CT molecular complexity index is 1490. The molecule has 0 amide bonds. The second-order valence-corrected chi connectivity index (χ2v) is 13.9. The van der Waals surface area contributed by atoms with Crippen molar-refractivity contribution >= 4 is 34.6 Å². The van der Waals surface area contributed by atoms with Crippen LogP contribution in [0.15, 0.2) is 97.1 Å². The molecule has 4 aromatic rings. The number of unbranched alkanes of at least 4 members (excludes halogenated alkanes) is 6. The van der Waals surface area contributed by atoms with Crippen LogP contribution in [0, 0.1) is 0 Å². The van der Waals surface area contributed by atoms with Gasteiger partial charge in [-0.2, -0.15) is 0 Å². The normalized spacial score (nSPS) is 10.8. The number of carbonyl (C=O) groups is 2. The fraction of sp³-hybridized carbons (Fsp3) is 0.350. The van der Waals surface area contributed by atoms with Crippen LogP contribution in [0.4, 0.5) is 0 Å². The summed E-state index contributed by atoms with van der Waals surface area (Å²) in [7, 11) is 0. The summed E-state index contributed by atoms with van der Waals surface area (Å²) in [6.07, 6.45) is 7.71. The number of hydrogen-bond acceptors (Lipinski definition) is 8. The second kappa shape index (κ2) is 19.6. The molecule has 0 radical (unpaired) electrons. The third-order valence-electron chi connectivity index (χ3n) is 7.51. The number of rotatable bonds is 21. The molecular formula is C40H46O6S2. The minimum atomic E-state index is -0.316. The largest absolute Gasteiger partial charge is 0.494 e. The van der Waals surface area contributed by atoms with E-state index in [4.69, 9.17) is 18.9 Å². The summed E-state index contributed by atoms with van der Waals surface area (Å²) in [5.74, 6) is 1.12. The maximum atomic E-state index is 11.4. The molecule has 0 atom stereocenters. The summed E-state index contributed by atoms with van der Waals surface area (Å²) >= 11 is 3.60. The number of carbonyl (C=O) groups excluding carboxylic acids is 2. The molecule has 0 saturated heterocycles. The third kappa shape index (κ3) is 12.1. The molecule has 0 aliphatic rings. The topological polar surface area (TPSA) is 71.1 Å². The van der Waals surface area contributed by atoms with Gasteiger partial charge in [0.1, 0.15) is 11.5 Å². The zero-order valence-corrected chi connectivity index (χ0v) is 29.7. The van der Waals surface area contributed by atoms with Gasteiger partial charge in [0.2, 0.25) is 0 Å². The molecule has 0 saturated carbocycles. The molecular weight excluding hydrogens is 641 g/mol. The van der Waals surface area contributed by atoms with Gasteiger partial charge in [-0.25, -0.2) is 9.59 Å². The molecule has 0 unspecified atom stereocenters. The highest BCUT2D eigenvalue weighted by molar-refractivity contribution is 7.25. The minimum Gasteiger partial charge on any atom is -0.494 e. The van der Waals surface area contributed by atoms with Crippen molar-refractivity contribution in [2.24, 2.45) is 0 Å². The molecule has 0 bridgehead atoms. The Hall–Kier alpha value is -4.14.